The Labute approximate surface area is 106 Å². The Balaban J connectivity index is 2.56. The van der Waals surface area contributed by atoms with E-state index in [4.69, 9.17) is 15.3 Å². The topological polar surface area (TPSA) is 98.4 Å². The first-order valence-corrected chi connectivity index (χ1v) is 5.78. The van der Waals surface area contributed by atoms with Crippen molar-refractivity contribution < 1.29 is 9.47 Å². The molecule has 0 bridgehead atoms. The molecule has 8 nitrogen and oxygen atoms in total. The normalized spacial score (nSPS) is 10.2. The van der Waals surface area contributed by atoms with E-state index in [0.717, 1.165) is 13.0 Å². The SMILES string of the molecule is CCCOCCOc1nc(NN)nc(N(C)C)n1. The van der Waals surface area contributed by atoms with Crippen molar-refractivity contribution in [3.63, 3.8) is 0 Å². The number of anilines is 2. The molecule has 8 heteroatoms. The molecule has 0 aliphatic rings. The van der Waals surface area contributed by atoms with Gasteiger partial charge >= 0.3 is 6.01 Å². The van der Waals surface area contributed by atoms with Gasteiger partial charge in [-0.3, -0.25) is 5.43 Å². The number of hydrazine groups is 1. The van der Waals surface area contributed by atoms with Gasteiger partial charge in [-0.1, -0.05) is 6.92 Å². The summed E-state index contributed by atoms with van der Waals surface area (Å²) in [6, 6.07) is 0.224. The smallest absolute Gasteiger partial charge is 0.323 e. The number of rotatable bonds is 8. The number of nitrogens with two attached hydrogens (primary N) is 1. The number of nitrogens with one attached hydrogen (secondary N) is 1. The Morgan fingerprint density at radius 2 is 1.94 bits per heavy atom. The first-order chi connectivity index (χ1) is 8.67. The highest BCUT2D eigenvalue weighted by molar-refractivity contribution is 5.35. The first-order valence-electron chi connectivity index (χ1n) is 5.78. The zero-order valence-corrected chi connectivity index (χ0v) is 11.0. The molecular formula is C10H20N6O2. The molecule has 0 aromatic carbocycles. The minimum atomic E-state index is 0.224. The predicted molar refractivity (Wildman–Crippen MR) is 68.6 cm³/mol. The van der Waals surface area contributed by atoms with Crippen molar-refractivity contribution in [1.29, 1.82) is 0 Å². The van der Waals surface area contributed by atoms with Crippen LogP contribution < -0.4 is 20.9 Å². The van der Waals surface area contributed by atoms with E-state index in [1.165, 1.54) is 0 Å². The van der Waals surface area contributed by atoms with Gasteiger partial charge in [-0.2, -0.15) is 15.0 Å². The van der Waals surface area contributed by atoms with Gasteiger partial charge in [0.1, 0.15) is 6.61 Å². The summed E-state index contributed by atoms with van der Waals surface area (Å²) in [6.07, 6.45) is 0.984. The quantitative estimate of drug-likeness (QED) is 0.382. The standard InChI is InChI=1S/C10H20N6O2/c1-4-5-17-6-7-18-10-13-8(15-11)12-9(14-10)16(2)3/h4-7,11H2,1-3H3,(H,12,13,14,15). The van der Waals surface area contributed by atoms with Gasteiger partial charge in [-0.25, -0.2) is 5.84 Å². The lowest BCUT2D eigenvalue weighted by atomic mass is 10.5. The van der Waals surface area contributed by atoms with E-state index in [1.54, 1.807) is 4.90 Å². The number of hydrogen-bond donors (Lipinski definition) is 2. The van der Waals surface area contributed by atoms with Crippen LogP contribution in [0.5, 0.6) is 6.01 Å². The zero-order chi connectivity index (χ0) is 13.4. The maximum Gasteiger partial charge on any atom is 0.323 e. The third-order valence-electron chi connectivity index (χ3n) is 1.94. The number of nitrogens with zero attached hydrogens (tertiary/aromatic N) is 4. The molecule has 0 saturated carbocycles. The van der Waals surface area contributed by atoms with Crippen LogP contribution in [0.2, 0.25) is 0 Å². The zero-order valence-electron chi connectivity index (χ0n) is 11.0. The molecule has 102 valence electrons. The number of aromatic nitrogens is 3. The van der Waals surface area contributed by atoms with Crippen LogP contribution in [0.25, 0.3) is 0 Å². The highest BCUT2D eigenvalue weighted by Crippen LogP contribution is 2.12. The van der Waals surface area contributed by atoms with Crippen molar-refractivity contribution in [2.24, 2.45) is 5.84 Å². The molecule has 0 saturated heterocycles. The largest absolute Gasteiger partial charge is 0.461 e. The molecule has 1 aromatic rings. The molecular weight excluding hydrogens is 236 g/mol. The van der Waals surface area contributed by atoms with Gasteiger partial charge in [0.25, 0.3) is 0 Å². The van der Waals surface area contributed by atoms with Crippen LogP contribution in [0.1, 0.15) is 13.3 Å². The Morgan fingerprint density at radius 1 is 1.17 bits per heavy atom. The van der Waals surface area contributed by atoms with Crippen LogP contribution in [0.3, 0.4) is 0 Å². The third-order valence-corrected chi connectivity index (χ3v) is 1.94. The van der Waals surface area contributed by atoms with Crippen LogP contribution in [-0.4, -0.2) is 48.9 Å². The predicted octanol–water partition coefficient (Wildman–Crippen LogP) is 0.0286. The van der Waals surface area contributed by atoms with E-state index >= 15 is 0 Å². The lowest BCUT2D eigenvalue weighted by Gasteiger charge is -2.12. The summed E-state index contributed by atoms with van der Waals surface area (Å²) in [5, 5.41) is 0. The fourth-order valence-corrected chi connectivity index (χ4v) is 1.11. The summed E-state index contributed by atoms with van der Waals surface area (Å²) in [7, 11) is 3.65. The maximum atomic E-state index is 5.38. The Bertz CT molecular complexity index is 360. The van der Waals surface area contributed by atoms with Gasteiger partial charge in [0, 0.05) is 20.7 Å². The Morgan fingerprint density at radius 3 is 2.56 bits per heavy atom. The van der Waals surface area contributed by atoms with E-state index in [-0.39, 0.29) is 12.0 Å². The van der Waals surface area contributed by atoms with Gasteiger partial charge < -0.3 is 14.4 Å². The van der Waals surface area contributed by atoms with Crippen molar-refractivity contribution in [3.05, 3.63) is 0 Å². The summed E-state index contributed by atoms with van der Waals surface area (Å²) in [4.78, 5) is 13.9. The molecule has 0 atom stereocenters. The number of nitrogen functional groups attached to an aromatic ring is 1. The minimum Gasteiger partial charge on any atom is -0.461 e. The third kappa shape index (κ3) is 4.68. The van der Waals surface area contributed by atoms with E-state index in [0.29, 0.717) is 19.2 Å². The fourth-order valence-electron chi connectivity index (χ4n) is 1.11. The molecule has 0 fully saturated rings. The van der Waals surface area contributed by atoms with Crippen LogP contribution >= 0.6 is 0 Å². The molecule has 0 aliphatic carbocycles. The molecule has 1 aromatic heterocycles. The summed E-state index contributed by atoms with van der Waals surface area (Å²) in [6.45, 7) is 3.66. The van der Waals surface area contributed by atoms with Crippen molar-refractivity contribution in [2.45, 2.75) is 13.3 Å². The van der Waals surface area contributed by atoms with Crippen molar-refractivity contribution in [2.75, 3.05) is 44.2 Å². The summed E-state index contributed by atoms with van der Waals surface area (Å²) in [5.74, 6) is 6.02. The monoisotopic (exact) mass is 256 g/mol. The van der Waals surface area contributed by atoms with E-state index < -0.39 is 0 Å². The minimum absolute atomic E-state index is 0.224. The van der Waals surface area contributed by atoms with Gasteiger partial charge in [0.05, 0.1) is 6.61 Å². The second-order valence-corrected chi connectivity index (χ2v) is 3.74. The highest BCUT2D eigenvalue weighted by Gasteiger charge is 2.08. The molecule has 1 heterocycles. The second kappa shape index (κ2) is 7.62. The Hall–Kier alpha value is -1.67. The van der Waals surface area contributed by atoms with Crippen LogP contribution in [-0.2, 0) is 4.74 Å². The molecule has 0 radical (unpaired) electrons. The van der Waals surface area contributed by atoms with E-state index in [2.05, 4.69) is 27.3 Å². The lowest BCUT2D eigenvalue weighted by molar-refractivity contribution is 0.0972. The number of ether oxygens (including phenoxy) is 2. The summed E-state index contributed by atoms with van der Waals surface area (Å²) >= 11 is 0. The van der Waals surface area contributed by atoms with Gasteiger partial charge in [0.15, 0.2) is 0 Å². The molecule has 0 aliphatic heterocycles. The van der Waals surface area contributed by atoms with Crippen LogP contribution in [0, 0.1) is 0 Å². The highest BCUT2D eigenvalue weighted by atomic mass is 16.5. The van der Waals surface area contributed by atoms with Crippen LogP contribution in [0.15, 0.2) is 0 Å². The van der Waals surface area contributed by atoms with Gasteiger partial charge in [-0.05, 0) is 6.42 Å². The maximum absolute atomic E-state index is 5.38. The second-order valence-electron chi connectivity index (χ2n) is 3.74. The van der Waals surface area contributed by atoms with Gasteiger partial charge in [0.2, 0.25) is 11.9 Å². The van der Waals surface area contributed by atoms with Crippen molar-refractivity contribution in [3.8, 4) is 6.01 Å². The van der Waals surface area contributed by atoms with Crippen molar-refractivity contribution >= 4 is 11.9 Å². The summed E-state index contributed by atoms with van der Waals surface area (Å²) in [5.41, 5.74) is 2.37. The molecule has 18 heavy (non-hydrogen) atoms. The summed E-state index contributed by atoms with van der Waals surface area (Å²) < 4.78 is 10.7. The molecule has 0 amide bonds. The fraction of sp³-hybridized carbons (Fsp3) is 0.700. The molecule has 1 rings (SSSR count). The van der Waals surface area contributed by atoms with E-state index in [1.807, 2.05) is 14.1 Å². The van der Waals surface area contributed by atoms with E-state index in [9.17, 15) is 0 Å². The molecule has 0 spiro atoms. The lowest BCUT2D eigenvalue weighted by Crippen LogP contribution is -2.19. The number of hydrogen-bond acceptors (Lipinski definition) is 8. The first kappa shape index (κ1) is 14.4. The average Bonchev–Trinajstić information content (AvgIpc) is 2.38. The molecule has 0 unspecified atom stereocenters. The van der Waals surface area contributed by atoms with Crippen LogP contribution in [0.4, 0.5) is 11.9 Å². The Kier molecular flexibility index (Phi) is 6.09. The average molecular weight is 256 g/mol. The van der Waals surface area contributed by atoms with Crippen molar-refractivity contribution in [1.82, 2.24) is 15.0 Å². The molecule has 3 N–H and O–H groups in total. The van der Waals surface area contributed by atoms with Gasteiger partial charge in [-0.15, -0.1) is 0 Å².